The molecule has 0 radical (unpaired) electrons. The van der Waals surface area contributed by atoms with Gasteiger partial charge in [0.05, 0.1) is 0 Å². The van der Waals surface area contributed by atoms with Crippen LogP contribution in [-0.2, 0) is 9.59 Å². The molecule has 0 spiro atoms. The number of carbonyl (C=O) groups is 2. The standard InChI is InChI=1S/C7H15N3O2/c8-3-1-2-5(7(10)12)4-6(9)11/h5H,1-4,8H2,(H2,9,11)(H2,10,12). The predicted molar refractivity (Wildman–Crippen MR) is 44.8 cm³/mol. The maximum Gasteiger partial charge on any atom is 0.221 e. The number of carbonyl (C=O) groups excluding carboxylic acids is 2. The lowest BCUT2D eigenvalue weighted by Crippen LogP contribution is -2.28. The van der Waals surface area contributed by atoms with Gasteiger partial charge >= 0.3 is 0 Å². The highest BCUT2D eigenvalue weighted by Crippen LogP contribution is 2.09. The van der Waals surface area contributed by atoms with Crippen LogP contribution in [0, 0.1) is 5.92 Å². The van der Waals surface area contributed by atoms with Gasteiger partial charge in [0.25, 0.3) is 0 Å². The van der Waals surface area contributed by atoms with Crippen LogP contribution in [-0.4, -0.2) is 18.4 Å². The van der Waals surface area contributed by atoms with E-state index in [1.54, 1.807) is 0 Å². The lowest BCUT2D eigenvalue weighted by Gasteiger charge is -2.09. The number of amides is 2. The Hall–Kier alpha value is -1.10. The molecule has 70 valence electrons. The molecule has 0 aliphatic carbocycles. The van der Waals surface area contributed by atoms with Gasteiger partial charge in [-0.15, -0.1) is 0 Å². The third kappa shape index (κ3) is 4.68. The average molecular weight is 173 g/mol. The molecule has 0 fully saturated rings. The van der Waals surface area contributed by atoms with Crippen molar-refractivity contribution in [2.45, 2.75) is 19.3 Å². The van der Waals surface area contributed by atoms with Gasteiger partial charge in [-0.25, -0.2) is 0 Å². The second-order valence-corrected chi connectivity index (χ2v) is 2.70. The first-order chi connectivity index (χ1) is 5.57. The van der Waals surface area contributed by atoms with E-state index in [0.29, 0.717) is 19.4 Å². The second kappa shape index (κ2) is 5.54. The fraction of sp³-hybridized carbons (Fsp3) is 0.714. The minimum absolute atomic E-state index is 0.0231. The van der Waals surface area contributed by atoms with E-state index < -0.39 is 17.7 Å². The summed E-state index contributed by atoms with van der Waals surface area (Å²) in [4.78, 5) is 21.2. The highest BCUT2D eigenvalue weighted by molar-refractivity contribution is 5.83. The first-order valence-electron chi connectivity index (χ1n) is 3.85. The molecular formula is C7H15N3O2. The van der Waals surface area contributed by atoms with Crippen molar-refractivity contribution in [3.8, 4) is 0 Å². The molecule has 0 aliphatic heterocycles. The van der Waals surface area contributed by atoms with Crippen LogP contribution in [0.5, 0.6) is 0 Å². The van der Waals surface area contributed by atoms with Crippen LogP contribution in [0.15, 0.2) is 0 Å². The summed E-state index contributed by atoms with van der Waals surface area (Å²) in [5, 5.41) is 0. The molecule has 5 nitrogen and oxygen atoms in total. The zero-order valence-corrected chi connectivity index (χ0v) is 6.95. The molecule has 5 heteroatoms. The molecule has 1 unspecified atom stereocenters. The molecule has 0 aliphatic rings. The summed E-state index contributed by atoms with van der Waals surface area (Å²) in [5.74, 6) is -1.44. The van der Waals surface area contributed by atoms with Gasteiger partial charge < -0.3 is 17.2 Å². The lowest BCUT2D eigenvalue weighted by molar-refractivity contribution is -0.127. The van der Waals surface area contributed by atoms with E-state index in [9.17, 15) is 9.59 Å². The molecule has 12 heavy (non-hydrogen) atoms. The SMILES string of the molecule is NCCCC(CC(N)=O)C(N)=O. The molecule has 2 amide bonds. The Kier molecular flexibility index (Phi) is 5.03. The Morgan fingerprint density at radius 3 is 2.17 bits per heavy atom. The monoisotopic (exact) mass is 173 g/mol. The maximum atomic E-state index is 10.7. The van der Waals surface area contributed by atoms with E-state index in [4.69, 9.17) is 17.2 Å². The molecule has 0 aromatic rings. The van der Waals surface area contributed by atoms with Crippen LogP contribution >= 0.6 is 0 Å². The van der Waals surface area contributed by atoms with Crippen molar-refractivity contribution in [2.75, 3.05) is 6.54 Å². The van der Waals surface area contributed by atoms with E-state index in [1.165, 1.54) is 0 Å². The summed E-state index contributed by atoms with van der Waals surface area (Å²) in [6, 6.07) is 0. The molecule has 0 saturated carbocycles. The van der Waals surface area contributed by atoms with Crippen molar-refractivity contribution in [1.29, 1.82) is 0 Å². The van der Waals surface area contributed by atoms with Gasteiger partial charge in [-0.3, -0.25) is 9.59 Å². The van der Waals surface area contributed by atoms with Gasteiger partial charge in [0.15, 0.2) is 0 Å². The molecule has 0 aromatic heterocycles. The molecule has 0 bridgehead atoms. The number of nitrogens with two attached hydrogens (primary N) is 3. The van der Waals surface area contributed by atoms with E-state index in [0.717, 1.165) is 0 Å². The Morgan fingerprint density at radius 1 is 1.25 bits per heavy atom. The van der Waals surface area contributed by atoms with Crippen molar-refractivity contribution < 1.29 is 9.59 Å². The molecule has 0 saturated heterocycles. The van der Waals surface area contributed by atoms with E-state index >= 15 is 0 Å². The first-order valence-corrected chi connectivity index (χ1v) is 3.85. The van der Waals surface area contributed by atoms with E-state index in [2.05, 4.69) is 0 Å². The van der Waals surface area contributed by atoms with E-state index in [1.807, 2.05) is 0 Å². The van der Waals surface area contributed by atoms with E-state index in [-0.39, 0.29) is 6.42 Å². The average Bonchev–Trinajstić information content (AvgIpc) is 1.96. The molecule has 0 heterocycles. The normalized spacial score (nSPS) is 12.4. The fourth-order valence-corrected chi connectivity index (χ4v) is 0.952. The topological polar surface area (TPSA) is 112 Å². The summed E-state index contributed by atoms with van der Waals surface area (Å²) >= 11 is 0. The minimum atomic E-state index is -0.504. The van der Waals surface area contributed by atoms with Gasteiger partial charge in [0.2, 0.25) is 11.8 Å². The van der Waals surface area contributed by atoms with Crippen LogP contribution in [0.25, 0.3) is 0 Å². The van der Waals surface area contributed by atoms with Gasteiger partial charge in [-0.2, -0.15) is 0 Å². The maximum absolute atomic E-state index is 10.7. The Balaban J connectivity index is 3.87. The third-order valence-corrected chi connectivity index (χ3v) is 1.61. The Bertz CT molecular complexity index is 170. The summed E-state index contributed by atoms with van der Waals surface area (Å²) < 4.78 is 0. The van der Waals surface area contributed by atoms with Crippen LogP contribution in [0.2, 0.25) is 0 Å². The Labute approximate surface area is 71.3 Å². The summed E-state index contributed by atoms with van der Waals surface area (Å²) in [7, 11) is 0. The molecule has 0 rings (SSSR count). The zero-order chi connectivity index (χ0) is 9.56. The highest BCUT2D eigenvalue weighted by Gasteiger charge is 2.16. The summed E-state index contributed by atoms with van der Waals surface area (Å²) in [6.45, 7) is 0.489. The number of hydrogen-bond acceptors (Lipinski definition) is 3. The molecule has 1 atom stereocenters. The van der Waals surface area contributed by atoms with Gasteiger partial charge in [-0.05, 0) is 19.4 Å². The lowest BCUT2D eigenvalue weighted by atomic mass is 9.98. The van der Waals surface area contributed by atoms with Crippen LogP contribution in [0.3, 0.4) is 0 Å². The van der Waals surface area contributed by atoms with Gasteiger partial charge in [0, 0.05) is 12.3 Å². The number of primary amides is 2. The molecular weight excluding hydrogens is 158 g/mol. The van der Waals surface area contributed by atoms with Crippen molar-refractivity contribution >= 4 is 11.8 Å². The van der Waals surface area contributed by atoms with Crippen molar-refractivity contribution in [3.05, 3.63) is 0 Å². The number of rotatable bonds is 6. The third-order valence-electron chi connectivity index (χ3n) is 1.61. The van der Waals surface area contributed by atoms with Gasteiger partial charge in [-0.1, -0.05) is 0 Å². The first kappa shape index (κ1) is 10.9. The van der Waals surface area contributed by atoms with Crippen LogP contribution < -0.4 is 17.2 Å². The predicted octanol–water partition coefficient (Wildman–Crippen LogP) is -1.30. The highest BCUT2D eigenvalue weighted by atomic mass is 16.2. The van der Waals surface area contributed by atoms with Crippen molar-refractivity contribution in [2.24, 2.45) is 23.1 Å². The molecule has 6 N–H and O–H groups in total. The largest absolute Gasteiger partial charge is 0.370 e. The zero-order valence-electron chi connectivity index (χ0n) is 6.95. The fourth-order valence-electron chi connectivity index (χ4n) is 0.952. The van der Waals surface area contributed by atoms with Crippen molar-refractivity contribution in [3.63, 3.8) is 0 Å². The minimum Gasteiger partial charge on any atom is -0.370 e. The summed E-state index contributed by atoms with van der Waals surface area (Å²) in [5.41, 5.74) is 15.2. The summed E-state index contributed by atoms with van der Waals surface area (Å²) in [6.07, 6.45) is 1.24. The Morgan fingerprint density at radius 2 is 1.83 bits per heavy atom. The van der Waals surface area contributed by atoms with Crippen LogP contribution in [0.1, 0.15) is 19.3 Å². The van der Waals surface area contributed by atoms with Gasteiger partial charge in [0.1, 0.15) is 0 Å². The quantitative estimate of drug-likeness (QED) is 0.464. The smallest absolute Gasteiger partial charge is 0.221 e. The second-order valence-electron chi connectivity index (χ2n) is 2.70. The molecule has 0 aromatic carbocycles. The number of hydrogen-bond donors (Lipinski definition) is 3. The van der Waals surface area contributed by atoms with Crippen LogP contribution in [0.4, 0.5) is 0 Å². The van der Waals surface area contributed by atoms with Crippen molar-refractivity contribution in [1.82, 2.24) is 0 Å².